The van der Waals surface area contributed by atoms with Gasteiger partial charge in [0.2, 0.25) is 0 Å². The second kappa shape index (κ2) is 5.51. The Kier molecular flexibility index (Phi) is 3.29. The van der Waals surface area contributed by atoms with Crippen LogP contribution >= 0.6 is 0 Å². The van der Waals surface area contributed by atoms with Crippen LogP contribution in [0.25, 0.3) is 22.2 Å². The first kappa shape index (κ1) is 14.3. The van der Waals surface area contributed by atoms with Gasteiger partial charge in [-0.2, -0.15) is 0 Å². The standard InChI is InChI=1S/C23H25N/c1-16-11-12-20-21(15-16)24-14-13-17-7-5-6-10-19(17)23(24)22(20)18-8-3-2-4-9-18/h5-7,10-12,15,18H,2-4,8-9,13-14H2,1H3. The van der Waals surface area contributed by atoms with E-state index in [1.54, 1.807) is 5.56 Å². The lowest BCUT2D eigenvalue weighted by atomic mass is 9.81. The van der Waals surface area contributed by atoms with Crippen molar-refractivity contribution >= 4 is 10.9 Å². The van der Waals surface area contributed by atoms with E-state index in [-0.39, 0.29) is 0 Å². The highest BCUT2D eigenvalue weighted by Gasteiger charge is 2.28. The van der Waals surface area contributed by atoms with Crippen molar-refractivity contribution in [2.45, 2.75) is 57.9 Å². The molecule has 5 rings (SSSR count). The maximum Gasteiger partial charge on any atom is 0.0529 e. The number of rotatable bonds is 1. The van der Waals surface area contributed by atoms with E-state index in [2.05, 4.69) is 54.0 Å². The van der Waals surface area contributed by atoms with Gasteiger partial charge in [0.05, 0.1) is 5.69 Å². The molecule has 0 atom stereocenters. The molecule has 2 aromatic carbocycles. The first-order chi connectivity index (χ1) is 11.8. The third kappa shape index (κ3) is 2.07. The van der Waals surface area contributed by atoms with Crippen LogP contribution in [0.3, 0.4) is 0 Å². The fraction of sp³-hybridized carbons (Fsp3) is 0.391. The predicted molar refractivity (Wildman–Crippen MR) is 102 cm³/mol. The molecule has 24 heavy (non-hydrogen) atoms. The third-order valence-electron chi connectivity index (χ3n) is 6.15. The highest BCUT2D eigenvalue weighted by atomic mass is 15.0. The molecular weight excluding hydrogens is 290 g/mol. The number of aromatic nitrogens is 1. The highest BCUT2D eigenvalue weighted by Crippen LogP contribution is 2.46. The maximum atomic E-state index is 2.62. The molecule has 0 amide bonds. The lowest BCUT2D eigenvalue weighted by molar-refractivity contribution is 0.445. The first-order valence-electron chi connectivity index (χ1n) is 9.54. The Morgan fingerprint density at radius 1 is 0.958 bits per heavy atom. The van der Waals surface area contributed by atoms with Crippen LogP contribution in [0.4, 0.5) is 0 Å². The smallest absolute Gasteiger partial charge is 0.0529 e. The minimum atomic E-state index is 0.742. The average molecular weight is 315 g/mol. The minimum Gasteiger partial charge on any atom is -0.340 e. The Morgan fingerprint density at radius 3 is 2.67 bits per heavy atom. The number of benzene rings is 2. The Labute approximate surface area is 144 Å². The quantitative estimate of drug-likeness (QED) is 0.502. The second-order valence-corrected chi connectivity index (χ2v) is 7.68. The molecule has 0 spiro atoms. The molecule has 1 fully saturated rings. The van der Waals surface area contributed by atoms with E-state index in [4.69, 9.17) is 0 Å². The molecule has 0 bridgehead atoms. The van der Waals surface area contributed by atoms with Crippen LogP contribution in [0.1, 0.15) is 54.7 Å². The van der Waals surface area contributed by atoms with E-state index in [1.165, 1.54) is 65.4 Å². The Balaban J connectivity index is 1.84. The van der Waals surface area contributed by atoms with Gasteiger partial charge in [0, 0.05) is 23.0 Å². The van der Waals surface area contributed by atoms with Gasteiger partial charge < -0.3 is 4.57 Å². The summed E-state index contributed by atoms with van der Waals surface area (Å²) in [6.45, 7) is 3.34. The van der Waals surface area contributed by atoms with Crippen LogP contribution in [0.2, 0.25) is 0 Å². The van der Waals surface area contributed by atoms with E-state index in [1.807, 2.05) is 0 Å². The van der Waals surface area contributed by atoms with Gasteiger partial charge >= 0.3 is 0 Å². The van der Waals surface area contributed by atoms with Crippen LogP contribution in [-0.4, -0.2) is 4.57 Å². The fourth-order valence-electron chi connectivity index (χ4n) is 5.02. The van der Waals surface area contributed by atoms with Gasteiger partial charge in [-0.15, -0.1) is 0 Å². The summed E-state index contributed by atoms with van der Waals surface area (Å²) >= 11 is 0. The second-order valence-electron chi connectivity index (χ2n) is 7.68. The summed E-state index contributed by atoms with van der Waals surface area (Å²) in [6.07, 6.45) is 8.09. The lowest BCUT2D eigenvalue weighted by Crippen LogP contribution is -2.13. The normalized spacial score (nSPS) is 17.7. The van der Waals surface area contributed by atoms with Gasteiger partial charge in [0.1, 0.15) is 0 Å². The largest absolute Gasteiger partial charge is 0.340 e. The molecule has 0 saturated heterocycles. The van der Waals surface area contributed by atoms with Gasteiger partial charge in [-0.3, -0.25) is 0 Å². The molecular formula is C23H25N. The van der Waals surface area contributed by atoms with Gasteiger partial charge in [-0.05, 0) is 54.9 Å². The topological polar surface area (TPSA) is 4.93 Å². The van der Waals surface area contributed by atoms with E-state index < -0.39 is 0 Å². The van der Waals surface area contributed by atoms with Crippen molar-refractivity contribution in [1.82, 2.24) is 4.57 Å². The monoisotopic (exact) mass is 315 g/mol. The Hall–Kier alpha value is -2.02. The molecule has 0 N–H and O–H groups in total. The number of aryl methyl sites for hydroxylation is 3. The zero-order chi connectivity index (χ0) is 16.1. The third-order valence-corrected chi connectivity index (χ3v) is 6.15. The molecule has 1 nitrogen and oxygen atoms in total. The number of fused-ring (bicyclic) bond motifs is 5. The van der Waals surface area contributed by atoms with E-state index in [0.717, 1.165) is 18.9 Å². The van der Waals surface area contributed by atoms with Crippen LogP contribution in [-0.2, 0) is 13.0 Å². The molecule has 0 radical (unpaired) electrons. The van der Waals surface area contributed by atoms with Crippen LogP contribution in [0.5, 0.6) is 0 Å². The van der Waals surface area contributed by atoms with Crippen molar-refractivity contribution in [2.24, 2.45) is 0 Å². The number of nitrogens with zero attached hydrogens (tertiary/aromatic N) is 1. The van der Waals surface area contributed by atoms with E-state index in [0.29, 0.717) is 0 Å². The fourth-order valence-corrected chi connectivity index (χ4v) is 5.02. The highest BCUT2D eigenvalue weighted by molar-refractivity contribution is 5.94. The van der Waals surface area contributed by atoms with Crippen molar-refractivity contribution in [1.29, 1.82) is 0 Å². The van der Waals surface area contributed by atoms with Crippen molar-refractivity contribution in [2.75, 3.05) is 0 Å². The molecule has 2 heterocycles. The van der Waals surface area contributed by atoms with E-state index >= 15 is 0 Å². The number of hydrogen-bond donors (Lipinski definition) is 0. The molecule has 1 aliphatic carbocycles. The molecule has 1 aliphatic heterocycles. The summed E-state index contributed by atoms with van der Waals surface area (Å²) in [6, 6.07) is 16.2. The van der Waals surface area contributed by atoms with Crippen molar-refractivity contribution in [3.8, 4) is 11.3 Å². The van der Waals surface area contributed by atoms with E-state index in [9.17, 15) is 0 Å². The summed E-state index contributed by atoms with van der Waals surface area (Å²) in [5.41, 5.74) is 9.03. The van der Waals surface area contributed by atoms with Gasteiger partial charge in [0.15, 0.2) is 0 Å². The summed E-state index contributed by atoms with van der Waals surface area (Å²) in [7, 11) is 0. The van der Waals surface area contributed by atoms with Gasteiger partial charge in [-0.1, -0.05) is 55.7 Å². The average Bonchev–Trinajstić information content (AvgIpc) is 2.96. The van der Waals surface area contributed by atoms with Crippen LogP contribution in [0.15, 0.2) is 42.5 Å². The zero-order valence-electron chi connectivity index (χ0n) is 14.5. The predicted octanol–water partition coefficient (Wildman–Crippen LogP) is 6.22. The van der Waals surface area contributed by atoms with Crippen molar-refractivity contribution < 1.29 is 0 Å². The minimum absolute atomic E-state index is 0.742. The van der Waals surface area contributed by atoms with Crippen LogP contribution < -0.4 is 0 Å². The van der Waals surface area contributed by atoms with Crippen molar-refractivity contribution in [3.63, 3.8) is 0 Å². The molecule has 1 heteroatoms. The molecule has 0 unspecified atom stereocenters. The molecule has 1 aromatic heterocycles. The summed E-state index contributed by atoms with van der Waals surface area (Å²) < 4.78 is 2.62. The van der Waals surface area contributed by atoms with Crippen molar-refractivity contribution in [3.05, 3.63) is 59.2 Å². The Morgan fingerprint density at radius 2 is 1.79 bits per heavy atom. The molecule has 122 valence electrons. The maximum absolute atomic E-state index is 2.62. The zero-order valence-corrected chi connectivity index (χ0v) is 14.5. The molecule has 1 saturated carbocycles. The summed E-state index contributed by atoms with van der Waals surface area (Å²) in [5, 5.41) is 1.51. The summed E-state index contributed by atoms with van der Waals surface area (Å²) in [4.78, 5) is 0. The SMILES string of the molecule is Cc1ccc2c(C3CCCCC3)c3n(c2c1)CCc1ccccc1-3. The summed E-state index contributed by atoms with van der Waals surface area (Å²) in [5.74, 6) is 0.742. The number of hydrogen-bond acceptors (Lipinski definition) is 0. The molecule has 3 aromatic rings. The molecule has 2 aliphatic rings. The first-order valence-corrected chi connectivity index (χ1v) is 9.54. The van der Waals surface area contributed by atoms with Gasteiger partial charge in [-0.25, -0.2) is 0 Å². The van der Waals surface area contributed by atoms with Crippen LogP contribution in [0, 0.1) is 6.92 Å². The van der Waals surface area contributed by atoms with Gasteiger partial charge in [0.25, 0.3) is 0 Å². The lowest BCUT2D eigenvalue weighted by Gasteiger charge is -2.26. The Bertz CT molecular complexity index is 909.